The third-order valence-electron chi connectivity index (χ3n) is 0.907. The Labute approximate surface area is 53.3 Å². The quantitative estimate of drug-likeness (QED) is 0.498. The Morgan fingerprint density at radius 3 is 2.38 bits per heavy atom. The molecular weight excluding hydrogens is 116 g/mol. The molecule has 8 heavy (non-hydrogen) atoms. The molecule has 0 aromatic heterocycles. The van der Waals surface area contributed by atoms with Gasteiger partial charge < -0.3 is 0 Å². The second kappa shape index (κ2) is 2.84. The molecule has 0 saturated carbocycles. The maximum atomic E-state index is 5.11. The van der Waals surface area contributed by atoms with Gasteiger partial charge in [-0.2, -0.15) is 0 Å². The van der Waals surface area contributed by atoms with Gasteiger partial charge in [0.25, 0.3) is 0 Å². The minimum atomic E-state index is -0.642. The van der Waals surface area contributed by atoms with Gasteiger partial charge in [0, 0.05) is 5.75 Å². The molecule has 0 saturated heterocycles. The topological polar surface area (TPSA) is 0 Å². The first-order valence-electron chi connectivity index (χ1n) is 2.39. The lowest BCUT2D eigenvalue weighted by molar-refractivity contribution is 1.86. The maximum absolute atomic E-state index is 5.11. The summed E-state index contributed by atoms with van der Waals surface area (Å²) in [6.07, 6.45) is 9.42. The molecule has 46 valence electrons. The smallest absolute Gasteiger partial charge is 0.0417 e. The van der Waals surface area contributed by atoms with Gasteiger partial charge in [-0.25, -0.2) is 10.0 Å². The SMILES string of the molecule is C#CCS(C)(C)C=C. The molecule has 0 aromatic rings. The second-order valence-electron chi connectivity index (χ2n) is 2.14. The van der Waals surface area contributed by atoms with Gasteiger partial charge in [-0.1, -0.05) is 17.9 Å². The molecule has 0 amide bonds. The van der Waals surface area contributed by atoms with Crippen molar-refractivity contribution in [2.45, 2.75) is 0 Å². The van der Waals surface area contributed by atoms with Gasteiger partial charge in [0.05, 0.1) is 0 Å². The summed E-state index contributed by atoms with van der Waals surface area (Å²) in [6.45, 7) is 3.69. The van der Waals surface area contributed by atoms with Crippen LogP contribution in [0.15, 0.2) is 12.0 Å². The van der Waals surface area contributed by atoms with E-state index in [0.29, 0.717) is 0 Å². The molecule has 0 aliphatic heterocycles. The molecule has 0 heterocycles. The summed E-state index contributed by atoms with van der Waals surface area (Å²) in [6, 6.07) is 0. The molecule has 0 fully saturated rings. The Morgan fingerprint density at radius 2 is 2.25 bits per heavy atom. The highest BCUT2D eigenvalue weighted by Crippen LogP contribution is 2.39. The van der Waals surface area contributed by atoms with Crippen LogP contribution in [0.25, 0.3) is 0 Å². The van der Waals surface area contributed by atoms with Gasteiger partial charge in [-0.3, -0.25) is 0 Å². The minimum Gasteiger partial charge on any atom is -0.216 e. The highest BCUT2D eigenvalue weighted by molar-refractivity contribution is 8.35. The Hall–Kier alpha value is -0.350. The van der Waals surface area contributed by atoms with Crippen molar-refractivity contribution >= 4 is 10.0 Å². The van der Waals surface area contributed by atoms with Crippen molar-refractivity contribution in [2.24, 2.45) is 0 Å². The first-order valence-corrected chi connectivity index (χ1v) is 5.07. The summed E-state index contributed by atoms with van der Waals surface area (Å²) in [5.41, 5.74) is 0. The van der Waals surface area contributed by atoms with Gasteiger partial charge in [0.15, 0.2) is 0 Å². The molecule has 1 heteroatoms. The van der Waals surface area contributed by atoms with E-state index in [1.807, 2.05) is 5.41 Å². The Balaban J connectivity index is 3.76. The zero-order valence-corrected chi connectivity index (χ0v) is 6.29. The van der Waals surface area contributed by atoms with Crippen molar-refractivity contribution in [3.05, 3.63) is 12.0 Å². The normalized spacial score (nSPS) is 12.1. The summed E-state index contributed by atoms with van der Waals surface area (Å²) in [7, 11) is -0.642. The first-order chi connectivity index (χ1) is 3.62. The van der Waals surface area contributed by atoms with Crippen LogP contribution in [0.5, 0.6) is 0 Å². The average molecular weight is 128 g/mol. The average Bonchev–Trinajstić information content (AvgIpc) is 1.67. The van der Waals surface area contributed by atoms with Crippen LogP contribution in [0.3, 0.4) is 0 Å². The van der Waals surface area contributed by atoms with Crippen LogP contribution in [0.2, 0.25) is 0 Å². The van der Waals surface area contributed by atoms with Crippen molar-refractivity contribution in [3.8, 4) is 12.3 Å². The highest BCUT2D eigenvalue weighted by atomic mass is 32.3. The maximum Gasteiger partial charge on any atom is 0.0417 e. The molecule has 0 aliphatic carbocycles. The number of terminal acetylenes is 1. The molecule has 0 atom stereocenters. The lowest BCUT2D eigenvalue weighted by Gasteiger charge is -2.22. The standard InChI is InChI=1S/C7H12S/c1-5-7-8(3,4)6-2/h1,6H,2,7H2,3-4H3. The van der Waals surface area contributed by atoms with Crippen molar-refractivity contribution in [2.75, 3.05) is 18.3 Å². The minimum absolute atomic E-state index is 0.642. The summed E-state index contributed by atoms with van der Waals surface area (Å²) < 4.78 is 0. The zero-order chi connectivity index (χ0) is 6.62. The third-order valence-corrected chi connectivity index (χ3v) is 2.72. The molecule has 0 aromatic carbocycles. The second-order valence-corrected chi connectivity index (χ2v) is 6.01. The monoisotopic (exact) mass is 128 g/mol. The highest BCUT2D eigenvalue weighted by Gasteiger charge is 2.01. The Bertz CT molecular complexity index is 117. The fourth-order valence-corrected chi connectivity index (χ4v) is 0.821. The first kappa shape index (κ1) is 7.65. The van der Waals surface area contributed by atoms with Gasteiger partial charge >= 0.3 is 0 Å². The van der Waals surface area contributed by atoms with Gasteiger partial charge in [-0.05, 0) is 12.5 Å². The number of rotatable bonds is 2. The van der Waals surface area contributed by atoms with E-state index in [9.17, 15) is 0 Å². The van der Waals surface area contributed by atoms with Crippen LogP contribution in [0.4, 0.5) is 0 Å². The van der Waals surface area contributed by atoms with Crippen LogP contribution in [-0.4, -0.2) is 18.3 Å². The molecule has 0 bridgehead atoms. The predicted molar refractivity (Wildman–Crippen MR) is 43.3 cm³/mol. The van der Waals surface area contributed by atoms with Crippen LogP contribution in [-0.2, 0) is 0 Å². The molecule has 0 spiro atoms. The van der Waals surface area contributed by atoms with Crippen molar-refractivity contribution in [1.82, 2.24) is 0 Å². The fourth-order valence-electron chi connectivity index (χ4n) is 0.274. The molecule has 0 radical (unpaired) electrons. The molecule has 0 unspecified atom stereocenters. The van der Waals surface area contributed by atoms with Crippen molar-refractivity contribution in [1.29, 1.82) is 0 Å². The molecule has 0 rings (SSSR count). The van der Waals surface area contributed by atoms with Gasteiger partial charge in [0.1, 0.15) is 0 Å². The molecular formula is C7H12S. The summed E-state index contributed by atoms with van der Waals surface area (Å²) in [5, 5.41) is 1.97. The fraction of sp³-hybridized carbons (Fsp3) is 0.429. The lowest BCUT2D eigenvalue weighted by Crippen LogP contribution is -1.92. The van der Waals surface area contributed by atoms with E-state index in [2.05, 4.69) is 25.0 Å². The van der Waals surface area contributed by atoms with Gasteiger partial charge in [-0.15, -0.1) is 6.42 Å². The zero-order valence-electron chi connectivity index (χ0n) is 5.48. The lowest BCUT2D eigenvalue weighted by atomic mass is 10.8. The Kier molecular flexibility index (Phi) is 2.71. The molecule has 0 N–H and O–H groups in total. The van der Waals surface area contributed by atoms with Gasteiger partial charge in [0.2, 0.25) is 0 Å². The van der Waals surface area contributed by atoms with Crippen LogP contribution in [0.1, 0.15) is 0 Å². The third kappa shape index (κ3) is 2.76. The number of hydrogen-bond acceptors (Lipinski definition) is 0. The van der Waals surface area contributed by atoms with Crippen molar-refractivity contribution in [3.63, 3.8) is 0 Å². The summed E-state index contributed by atoms with van der Waals surface area (Å²) in [4.78, 5) is 0. The van der Waals surface area contributed by atoms with Crippen molar-refractivity contribution < 1.29 is 0 Å². The molecule has 0 aliphatic rings. The summed E-state index contributed by atoms with van der Waals surface area (Å²) in [5.74, 6) is 3.48. The van der Waals surface area contributed by atoms with Crippen LogP contribution in [0, 0.1) is 12.3 Å². The van der Waals surface area contributed by atoms with E-state index in [-0.39, 0.29) is 0 Å². The predicted octanol–water partition coefficient (Wildman–Crippen LogP) is 1.83. The van der Waals surface area contributed by atoms with Crippen LogP contribution < -0.4 is 0 Å². The van der Waals surface area contributed by atoms with Crippen LogP contribution >= 0.6 is 10.0 Å². The van der Waals surface area contributed by atoms with E-state index in [0.717, 1.165) is 5.75 Å². The number of hydrogen-bond donors (Lipinski definition) is 0. The molecule has 0 nitrogen and oxygen atoms in total. The largest absolute Gasteiger partial charge is 0.216 e. The summed E-state index contributed by atoms with van der Waals surface area (Å²) >= 11 is 0. The van der Waals surface area contributed by atoms with E-state index < -0.39 is 10.0 Å². The van der Waals surface area contributed by atoms with E-state index in [4.69, 9.17) is 6.42 Å². The van der Waals surface area contributed by atoms with E-state index >= 15 is 0 Å². The Morgan fingerprint density at radius 1 is 1.75 bits per heavy atom. The van der Waals surface area contributed by atoms with E-state index in [1.165, 1.54) is 0 Å². The van der Waals surface area contributed by atoms with E-state index in [1.54, 1.807) is 0 Å².